The molecule has 4 N–H and O–H groups in total. The molecule has 0 aliphatic carbocycles. The molecule has 16 heavy (non-hydrogen) atoms. The average Bonchev–Trinajstić information content (AvgIpc) is 2.25. The zero-order chi connectivity index (χ0) is 12.4. The molecule has 0 spiro atoms. The van der Waals surface area contributed by atoms with E-state index in [1.165, 1.54) is 6.42 Å². The molecular weight excluding hydrogens is 204 g/mol. The quantitative estimate of drug-likeness (QED) is 0.199. The van der Waals surface area contributed by atoms with Crippen molar-refractivity contribution >= 4 is 5.96 Å². The van der Waals surface area contributed by atoms with Gasteiger partial charge in [0.25, 0.3) is 0 Å². The minimum absolute atomic E-state index is 0.375. The number of hydrazine groups is 1. The van der Waals surface area contributed by atoms with Crippen LogP contribution in [-0.4, -0.2) is 32.3 Å². The highest BCUT2D eigenvalue weighted by atomic mass is 16.5. The number of aliphatic imine (C=N–C) groups is 1. The number of hydrogen-bond acceptors (Lipinski definition) is 3. The van der Waals surface area contributed by atoms with E-state index in [0.717, 1.165) is 12.3 Å². The molecule has 5 heteroatoms. The maximum Gasteiger partial charge on any atom is 0.206 e. The summed E-state index contributed by atoms with van der Waals surface area (Å²) >= 11 is 0. The molecule has 0 radical (unpaired) electrons. The van der Waals surface area contributed by atoms with Crippen LogP contribution in [0.25, 0.3) is 0 Å². The first kappa shape index (κ1) is 15.2. The topological polar surface area (TPSA) is 71.7 Å². The number of nitrogens with zero attached hydrogens (tertiary/aromatic N) is 1. The van der Waals surface area contributed by atoms with Crippen molar-refractivity contribution < 1.29 is 4.74 Å². The Morgan fingerprint density at radius 3 is 2.50 bits per heavy atom. The number of ether oxygens (including phenoxy) is 1. The second kappa shape index (κ2) is 9.42. The van der Waals surface area contributed by atoms with Crippen LogP contribution in [0.4, 0.5) is 0 Å². The molecular formula is C11H26N4O. The fourth-order valence-corrected chi connectivity index (χ4v) is 1.27. The molecule has 1 atom stereocenters. The van der Waals surface area contributed by atoms with Crippen LogP contribution in [0, 0.1) is 5.92 Å². The first-order valence-electron chi connectivity index (χ1n) is 5.86. The van der Waals surface area contributed by atoms with E-state index >= 15 is 0 Å². The molecule has 0 rings (SSSR count). The van der Waals surface area contributed by atoms with Crippen LogP contribution in [0.5, 0.6) is 0 Å². The van der Waals surface area contributed by atoms with E-state index in [4.69, 9.17) is 10.6 Å². The van der Waals surface area contributed by atoms with E-state index in [-0.39, 0.29) is 0 Å². The molecule has 0 amide bonds. The number of nitrogens with one attached hydrogen (secondary N) is 2. The summed E-state index contributed by atoms with van der Waals surface area (Å²) in [6, 6.07) is 0.375. The van der Waals surface area contributed by atoms with Gasteiger partial charge in [-0.3, -0.25) is 5.43 Å². The number of rotatable bonds is 7. The SMILES string of the molecule is COCCN=C(NN)NC(C)CCC(C)C. The number of guanidine groups is 1. The third-order valence-corrected chi connectivity index (χ3v) is 2.26. The largest absolute Gasteiger partial charge is 0.383 e. The minimum Gasteiger partial charge on any atom is -0.383 e. The zero-order valence-corrected chi connectivity index (χ0v) is 10.9. The number of methoxy groups -OCH3 is 1. The Hall–Kier alpha value is -0.810. The van der Waals surface area contributed by atoms with Gasteiger partial charge in [0.05, 0.1) is 13.2 Å². The van der Waals surface area contributed by atoms with Gasteiger partial charge in [0, 0.05) is 13.2 Å². The van der Waals surface area contributed by atoms with Gasteiger partial charge >= 0.3 is 0 Å². The zero-order valence-electron chi connectivity index (χ0n) is 10.9. The molecule has 0 fully saturated rings. The lowest BCUT2D eigenvalue weighted by molar-refractivity contribution is 0.208. The maximum absolute atomic E-state index is 5.38. The van der Waals surface area contributed by atoms with Crippen LogP contribution >= 0.6 is 0 Å². The average molecular weight is 230 g/mol. The second-order valence-electron chi connectivity index (χ2n) is 4.38. The Balaban J connectivity index is 3.86. The predicted octanol–water partition coefficient (Wildman–Crippen LogP) is 0.866. The number of nitrogens with two attached hydrogens (primary N) is 1. The third kappa shape index (κ3) is 8.49. The second-order valence-corrected chi connectivity index (χ2v) is 4.38. The van der Waals surface area contributed by atoms with Gasteiger partial charge in [-0.2, -0.15) is 0 Å². The highest BCUT2D eigenvalue weighted by molar-refractivity contribution is 5.79. The third-order valence-electron chi connectivity index (χ3n) is 2.26. The maximum atomic E-state index is 5.38. The van der Waals surface area contributed by atoms with Crippen LogP contribution in [0.2, 0.25) is 0 Å². The minimum atomic E-state index is 0.375. The van der Waals surface area contributed by atoms with Crippen molar-refractivity contribution in [2.24, 2.45) is 16.8 Å². The first-order valence-corrected chi connectivity index (χ1v) is 5.86. The van der Waals surface area contributed by atoms with Crippen molar-refractivity contribution in [1.29, 1.82) is 0 Å². The lowest BCUT2D eigenvalue weighted by Crippen LogP contribution is -2.45. The van der Waals surface area contributed by atoms with Crippen LogP contribution in [0.15, 0.2) is 4.99 Å². The lowest BCUT2D eigenvalue weighted by atomic mass is 10.0. The molecule has 0 saturated heterocycles. The van der Waals surface area contributed by atoms with Crippen molar-refractivity contribution in [2.75, 3.05) is 20.3 Å². The van der Waals surface area contributed by atoms with E-state index in [1.54, 1.807) is 7.11 Å². The highest BCUT2D eigenvalue weighted by Crippen LogP contribution is 2.05. The van der Waals surface area contributed by atoms with E-state index in [2.05, 4.69) is 36.5 Å². The predicted molar refractivity (Wildman–Crippen MR) is 68.2 cm³/mol. The fourth-order valence-electron chi connectivity index (χ4n) is 1.27. The van der Waals surface area contributed by atoms with Gasteiger partial charge in [-0.15, -0.1) is 0 Å². The Kier molecular flexibility index (Phi) is 8.94. The lowest BCUT2D eigenvalue weighted by Gasteiger charge is -2.17. The van der Waals surface area contributed by atoms with Gasteiger partial charge in [0.2, 0.25) is 5.96 Å². The van der Waals surface area contributed by atoms with Gasteiger partial charge < -0.3 is 10.1 Å². The van der Waals surface area contributed by atoms with E-state index in [1.807, 2.05) is 0 Å². The van der Waals surface area contributed by atoms with Crippen molar-refractivity contribution in [3.63, 3.8) is 0 Å². The molecule has 0 aliphatic rings. The Morgan fingerprint density at radius 2 is 2.00 bits per heavy atom. The monoisotopic (exact) mass is 230 g/mol. The van der Waals surface area contributed by atoms with Crippen LogP contribution < -0.4 is 16.6 Å². The van der Waals surface area contributed by atoms with Gasteiger partial charge in [-0.1, -0.05) is 13.8 Å². The molecule has 0 bridgehead atoms. The van der Waals surface area contributed by atoms with E-state index in [9.17, 15) is 0 Å². The van der Waals surface area contributed by atoms with Crippen LogP contribution in [0.1, 0.15) is 33.6 Å². The van der Waals surface area contributed by atoms with E-state index < -0.39 is 0 Å². The van der Waals surface area contributed by atoms with Gasteiger partial charge in [0.1, 0.15) is 0 Å². The molecule has 5 nitrogen and oxygen atoms in total. The summed E-state index contributed by atoms with van der Waals surface area (Å²) < 4.78 is 4.92. The van der Waals surface area contributed by atoms with Crippen molar-refractivity contribution in [3.8, 4) is 0 Å². The number of hydrogen-bond donors (Lipinski definition) is 3. The molecule has 0 aromatic carbocycles. The molecule has 96 valence electrons. The normalized spacial score (nSPS) is 14.0. The summed E-state index contributed by atoms with van der Waals surface area (Å²) in [5, 5.41) is 3.24. The molecule has 0 aromatic heterocycles. The fraction of sp³-hybridized carbons (Fsp3) is 0.909. The van der Waals surface area contributed by atoms with E-state index in [0.29, 0.717) is 25.2 Å². The van der Waals surface area contributed by atoms with Crippen LogP contribution in [0.3, 0.4) is 0 Å². The molecule has 0 saturated carbocycles. The van der Waals surface area contributed by atoms with Gasteiger partial charge in [-0.25, -0.2) is 10.8 Å². The summed E-state index contributed by atoms with van der Waals surface area (Å²) in [5.74, 6) is 6.73. The summed E-state index contributed by atoms with van der Waals surface area (Å²) in [4.78, 5) is 4.24. The van der Waals surface area contributed by atoms with Crippen molar-refractivity contribution in [1.82, 2.24) is 10.7 Å². The molecule has 1 unspecified atom stereocenters. The Morgan fingerprint density at radius 1 is 1.31 bits per heavy atom. The van der Waals surface area contributed by atoms with Gasteiger partial charge in [-0.05, 0) is 25.7 Å². The van der Waals surface area contributed by atoms with Crippen molar-refractivity contribution in [3.05, 3.63) is 0 Å². The summed E-state index contributed by atoms with van der Waals surface area (Å²) in [5.41, 5.74) is 2.56. The molecule has 0 aromatic rings. The highest BCUT2D eigenvalue weighted by Gasteiger charge is 2.05. The first-order chi connectivity index (χ1) is 7.60. The summed E-state index contributed by atoms with van der Waals surface area (Å²) in [7, 11) is 1.66. The molecule has 0 heterocycles. The Labute approximate surface area is 98.8 Å². The van der Waals surface area contributed by atoms with Crippen LogP contribution in [-0.2, 0) is 4.74 Å². The summed E-state index contributed by atoms with van der Waals surface area (Å²) in [6.45, 7) is 7.79. The Bertz CT molecular complexity index is 194. The van der Waals surface area contributed by atoms with Crippen molar-refractivity contribution in [2.45, 2.75) is 39.7 Å². The van der Waals surface area contributed by atoms with Gasteiger partial charge in [0.15, 0.2) is 0 Å². The smallest absolute Gasteiger partial charge is 0.206 e. The standard InChI is InChI=1S/C11H26N4O/c1-9(2)5-6-10(3)14-11(15-12)13-7-8-16-4/h9-10H,5-8,12H2,1-4H3,(H2,13,14,15). The summed E-state index contributed by atoms with van der Waals surface area (Å²) in [6.07, 6.45) is 2.31. The molecule has 0 aliphatic heterocycles.